The number of fused-ring (bicyclic) bond motifs is 1. The summed E-state index contributed by atoms with van der Waals surface area (Å²) in [6.07, 6.45) is 5.21. The number of rotatable bonds is 7. The van der Waals surface area contributed by atoms with E-state index in [2.05, 4.69) is 9.88 Å². The van der Waals surface area contributed by atoms with Crippen molar-refractivity contribution in [3.63, 3.8) is 0 Å². The van der Waals surface area contributed by atoms with Gasteiger partial charge >= 0.3 is 5.97 Å². The molecule has 1 aromatic carbocycles. The van der Waals surface area contributed by atoms with Crippen molar-refractivity contribution in [3.8, 4) is 5.69 Å². The van der Waals surface area contributed by atoms with E-state index in [0.29, 0.717) is 47.7 Å². The molecule has 1 fully saturated rings. The standard InChI is InChI=1S/C24H29Cl2N5O3/c1-24(2,3)22(23(32)33)31(9-8-29-10-12-34-13-11-29)19-14-18(30-7-6-27-15-30)16-4-5-17(25)20(26)21(16)28-19/h4-7,14-15,22H,8-13H2,1-3H3,(H,32,33). The molecule has 1 saturated heterocycles. The Labute approximate surface area is 209 Å². The predicted molar refractivity (Wildman–Crippen MR) is 134 cm³/mol. The number of morpholine rings is 1. The Morgan fingerprint density at radius 2 is 2.00 bits per heavy atom. The molecule has 182 valence electrons. The minimum atomic E-state index is -0.905. The van der Waals surface area contributed by atoms with Crippen LogP contribution in [0.25, 0.3) is 16.6 Å². The van der Waals surface area contributed by atoms with Crippen molar-refractivity contribution in [2.24, 2.45) is 5.41 Å². The number of halogens is 2. The van der Waals surface area contributed by atoms with Crippen molar-refractivity contribution in [1.29, 1.82) is 0 Å². The summed E-state index contributed by atoms with van der Waals surface area (Å²) < 4.78 is 7.33. The first kappa shape index (κ1) is 24.7. The van der Waals surface area contributed by atoms with Gasteiger partial charge < -0.3 is 19.3 Å². The first-order valence-electron chi connectivity index (χ1n) is 11.2. The Morgan fingerprint density at radius 1 is 1.26 bits per heavy atom. The molecule has 8 nitrogen and oxygen atoms in total. The normalized spacial score (nSPS) is 16.0. The Balaban J connectivity index is 1.86. The number of aromatic nitrogens is 3. The largest absolute Gasteiger partial charge is 0.480 e. The number of aliphatic carboxylic acids is 1. The van der Waals surface area contributed by atoms with E-state index in [1.165, 1.54) is 0 Å². The smallest absolute Gasteiger partial charge is 0.326 e. The second kappa shape index (κ2) is 10.1. The fourth-order valence-electron chi connectivity index (χ4n) is 4.39. The van der Waals surface area contributed by atoms with Crippen molar-refractivity contribution in [2.75, 3.05) is 44.3 Å². The molecule has 4 rings (SSSR count). The van der Waals surface area contributed by atoms with E-state index in [1.807, 2.05) is 48.6 Å². The van der Waals surface area contributed by atoms with Crippen molar-refractivity contribution in [3.05, 3.63) is 47.0 Å². The lowest BCUT2D eigenvalue weighted by atomic mass is 9.85. The molecule has 0 amide bonds. The summed E-state index contributed by atoms with van der Waals surface area (Å²) in [6, 6.07) is 4.69. The lowest BCUT2D eigenvalue weighted by Gasteiger charge is -2.39. The summed E-state index contributed by atoms with van der Waals surface area (Å²) in [5.74, 6) is -0.381. The van der Waals surface area contributed by atoms with E-state index in [9.17, 15) is 9.90 Å². The first-order valence-corrected chi connectivity index (χ1v) is 12.0. The molecule has 1 N–H and O–H groups in total. The number of ether oxygens (including phenoxy) is 1. The molecule has 1 aliphatic heterocycles. The third kappa shape index (κ3) is 5.15. The third-order valence-electron chi connectivity index (χ3n) is 6.04. The van der Waals surface area contributed by atoms with Gasteiger partial charge in [-0.2, -0.15) is 0 Å². The second-order valence-electron chi connectivity index (χ2n) is 9.48. The number of benzene rings is 1. The Hall–Kier alpha value is -2.39. The number of anilines is 1. The number of pyridine rings is 1. The van der Waals surface area contributed by atoms with Crippen molar-refractivity contribution in [2.45, 2.75) is 26.8 Å². The minimum absolute atomic E-state index is 0.332. The van der Waals surface area contributed by atoms with Gasteiger partial charge in [0.2, 0.25) is 0 Å². The molecule has 1 unspecified atom stereocenters. The van der Waals surface area contributed by atoms with Crippen LogP contribution in [0.15, 0.2) is 36.9 Å². The summed E-state index contributed by atoms with van der Waals surface area (Å²) in [5, 5.41) is 11.8. The third-order valence-corrected chi connectivity index (χ3v) is 6.84. The van der Waals surface area contributed by atoms with Gasteiger partial charge in [-0.1, -0.05) is 44.0 Å². The lowest BCUT2D eigenvalue weighted by Crippen LogP contribution is -2.53. The molecule has 2 aromatic heterocycles. The highest BCUT2D eigenvalue weighted by Gasteiger charge is 2.38. The van der Waals surface area contributed by atoms with E-state index < -0.39 is 17.4 Å². The van der Waals surface area contributed by atoms with Crippen LogP contribution >= 0.6 is 23.2 Å². The van der Waals surface area contributed by atoms with Gasteiger partial charge in [0.05, 0.1) is 40.8 Å². The predicted octanol–water partition coefficient (Wildman–Crippen LogP) is 4.37. The molecule has 3 aromatic rings. The van der Waals surface area contributed by atoms with Gasteiger partial charge in [0.1, 0.15) is 11.9 Å². The van der Waals surface area contributed by atoms with Crippen LogP contribution in [-0.2, 0) is 9.53 Å². The fraction of sp³-hybridized carbons (Fsp3) is 0.458. The summed E-state index contributed by atoms with van der Waals surface area (Å²) >= 11 is 12.9. The van der Waals surface area contributed by atoms with Gasteiger partial charge in [-0.25, -0.2) is 14.8 Å². The topological polar surface area (TPSA) is 83.7 Å². The summed E-state index contributed by atoms with van der Waals surface area (Å²) in [7, 11) is 0. The molecular formula is C24H29Cl2N5O3. The molecule has 0 aliphatic carbocycles. The molecule has 1 atom stereocenters. The number of carboxylic acid groups (broad SMARTS) is 1. The van der Waals surface area contributed by atoms with Crippen LogP contribution in [0, 0.1) is 5.41 Å². The van der Waals surface area contributed by atoms with Crippen LogP contribution in [0.1, 0.15) is 20.8 Å². The second-order valence-corrected chi connectivity index (χ2v) is 10.3. The Kier molecular flexibility index (Phi) is 7.33. The van der Waals surface area contributed by atoms with Gasteiger partial charge in [-0.05, 0) is 17.5 Å². The van der Waals surface area contributed by atoms with Gasteiger partial charge in [-0.3, -0.25) is 4.90 Å². The van der Waals surface area contributed by atoms with E-state index in [4.69, 9.17) is 32.9 Å². The lowest BCUT2D eigenvalue weighted by molar-refractivity contribution is -0.141. The van der Waals surface area contributed by atoms with E-state index in [-0.39, 0.29) is 0 Å². The van der Waals surface area contributed by atoms with E-state index in [1.54, 1.807) is 18.6 Å². The van der Waals surface area contributed by atoms with Crippen LogP contribution in [0.4, 0.5) is 5.82 Å². The number of nitrogens with zero attached hydrogens (tertiary/aromatic N) is 5. The zero-order chi connectivity index (χ0) is 24.5. The summed E-state index contributed by atoms with van der Waals surface area (Å²) in [5.41, 5.74) is 0.760. The zero-order valence-electron chi connectivity index (χ0n) is 19.5. The molecule has 3 heterocycles. The molecule has 0 bridgehead atoms. The zero-order valence-corrected chi connectivity index (χ0v) is 21.1. The molecule has 34 heavy (non-hydrogen) atoms. The van der Waals surface area contributed by atoms with E-state index >= 15 is 0 Å². The molecule has 1 aliphatic rings. The summed E-state index contributed by atoms with van der Waals surface area (Å²) in [4.78, 5) is 25.7. The summed E-state index contributed by atoms with van der Waals surface area (Å²) in [6.45, 7) is 9.92. The maximum absolute atomic E-state index is 12.5. The van der Waals surface area contributed by atoms with Crippen molar-refractivity contribution in [1.82, 2.24) is 19.4 Å². The highest BCUT2D eigenvalue weighted by molar-refractivity contribution is 6.45. The average Bonchev–Trinajstić information content (AvgIpc) is 3.33. The number of hydrogen-bond acceptors (Lipinski definition) is 6. The fourth-order valence-corrected chi connectivity index (χ4v) is 4.75. The highest BCUT2D eigenvalue weighted by Crippen LogP contribution is 2.36. The maximum Gasteiger partial charge on any atom is 0.326 e. The van der Waals surface area contributed by atoms with Crippen LogP contribution in [0.2, 0.25) is 10.0 Å². The molecular weight excluding hydrogens is 477 g/mol. The minimum Gasteiger partial charge on any atom is -0.480 e. The monoisotopic (exact) mass is 505 g/mol. The SMILES string of the molecule is CC(C)(C)C(C(=O)O)N(CCN1CCOCC1)c1cc(-n2ccnc2)c2ccc(Cl)c(Cl)c2n1. The van der Waals surface area contributed by atoms with Crippen molar-refractivity contribution >= 4 is 45.9 Å². The van der Waals surface area contributed by atoms with Crippen LogP contribution in [0.3, 0.4) is 0 Å². The first-order chi connectivity index (χ1) is 16.2. The van der Waals surface area contributed by atoms with Gasteiger partial charge in [0.15, 0.2) is 0 Å². The number of imidazole rings is 1. The van der Waals surface area contributed by atoms with Gasteiger partial charge in [0, 0.05) is 50.0 Å². The molecule has 0 saturated carbocycles. The number of carbonyl (C=O) groups is 1. The highest BCUT2D eigenvalue weighted by atomic mass is 35.5. The van der Waals surface area contributed by atoms with Crippen molar-refractivity contribution < 1.29 is 14.6 Å². The average molecular weight is 506 g/mol. The number of carboxylic acids is 1. The van der Waals surface area contributed by atoms with Crippen LogP contribution in [0.5, 0.6) is 0 Å². The van der Waals surface area contributed by atoms with Gasteiger partial charge in [-0.15, -0.1) is 0 Å². The Morgan fingerprint density at radius 3 is 2.62 bits per heavy atom. The molecule has 10 heteroatoms. The van der Waals surface area contributed by atoms with Crippen LogP contribution < -0.4 is 4.90 Å². The maximum atomic E-state index is 12.5. The Bertz CT molecular complexity index is 1160. The van der Waals surface area contributed by atoms with E-state index in [0.717, 1.165) is 24.2 Å². The molecule has 0 spiro atoms. The molecule has 0 radical (unpaired) electrons. The quantitative estimate of drug-likeness (QED) is 0.510. The van der Waals surface area contributed by atoms with Gasteiger partial charge in [0.25, 0.3) is 0 Å². The van der Waals surface area contributed by atoms with Crippen LogP contribution in [-0.4, -0.2) is 75.9 Å². The number of hydrogen-bond donors (Lipinski definition) is 1.